The molecule has 2 atom stereocenters. The van der Waals surface area contributed by atoms with Crippen LogP contribution in [0.15, 0.2) is 24.3 Å². The summed E-state index contributed by atoms with van der Waals surface area (Å²) in [6, 6.07) is 7.64. The molecule has 0 aliphatic rings. The molecule has 0 heterocycles. The number of rotatable bonds is 5. The van der Waals surface area contributed by atoms with Gasteiger partial charge in [-0.25, -0.2) is 4.79 Å². The summed E-state index contributed by atoms with van der Waals surface area (Å²) in [5.41, 5.74) is 1.03. The summed E-state index contributed by atoms with van der Waals surface area (Å²) >= 11 is 5.96. The zero-order valence-electron chi connectivity index (χ0n) is 11.2. The van der Waals surface area contributed by atoms with E-state index in [2.05, 4.69) is 10.6 Å². The molecule has 0 bridgehead atoms. The van der Waals surface area contributed by atoms with E-state index in [-0.39, 0.29) is 18.1 Å². The lowest BCUT2D eigenvalue weighted by molar-refractivity contribution is 0.233. The second kappa shape index (κ2) is 7.27. The van der Waals surface area contributed by atoms with Gasteiger partial charge in [0.05, 0.1) is 6.04 Å². The van der Waals surface area contributed by atoms with E-state index in [0.29, 0.717) is 5.02 Å². The Morgan fingerprint density at radius 2 is 2.00 bits per heavy atom. The first-order chi connectivity index (χ1) is 8.56. The monoisotopic (exact) mass is 268 g/mol. The normalized spacial score (nSPS) is 13.8. The minimum absolute atomic E-state index is 0.00671. The molecule has 100 valence electrons. The highest BCUT2D eigenvalue weighted by Gasteiger charge is 2.13. The van der Waals surface area contributed by atoms with Gasteiger partial charge in [0.2, 0.25) is 0 Å². The SMILES string of the molecule is CC[C@@H](C)NC(=O)N[C@@H](CC)c1cccc(Cl)c1. The molecule has 0 aliphatic heterocycles. The van der Waals surface area contributed by atoms with Gasteiger partial charge < -0.3 is 10.6 Å². The summed E-state index contributed by atoms with van der Waals surface area (Å²) in [5.74, 6) is 0. The quantitative estimate of drug-likeness (QED) is 0.836. The number of benzene rings is 1. The molecule has 1 aromatic rings. The van der Waals surface area contributed by atoms with Crippen LogP contribution in [0.25, 0.3) is 0 Å². The first-order valence-corrected chi connectivity index (χ1v) is 6.77. The number of urea groups is 1. The van der Waals surface area contributed by atoms with Crippen molar-refractivity contribution in [2.24, 2.45) is 0 Å². The van der Waals surface area contributed by atoms with Gasteiger partial charge in [-0.05, 0) is 37.5 Å². The van der Waals surface area contributed by atoms with E-state index in [0.717, 1.165) is 18.4 Å². The molecule has 1 rings (SSSR count). The Bertz CT molecular complexity index is 395. The van der Waals surface area contributed by atoms with Crippen LogP contribution in [0.1, 0.15) is 45.2 Å². The molecule has 2 amide bonds. The minimum atomic E-state index is -0.129. The van der Waals surface area contributed by atoms with Crippen molar-refractivity contribution in [3.05, 3.63) is 34.9 Å². The highest BCUT2D eigenvalue weighted by Crippen LogP contribution is 2.20. The molecule has 0 fully saturated rings. The van der Waals surface area contributed by atoms with Crippen LogP contribution in [0.3, 0.4) is 0 Å². The lowest BCUT2D eigenvalue weighted by Crippen LogP contribution is -2.42. The molecule has 0 radical (unpaired) electrons. The maximum absolute atomic E-state index is 11.8. The summed E-state index contributed by atoms with van der Waals surface area (Å²) in [5, 5.41) is 6.55. The Morgan fingerprint density at radius 3 is 2.56 bits per heavy atom. The molecule has 18 heavy (non-hydrogen) atoms. The van der Waals surface area contributed by atoms with Gasteiger partial charge >= 0.3 is 6.03 Å². The Balaban J connectivity index is 2.65. The van der Waals surface area contributed by atoms with Crippen LogP contribution in [0, 0.1) is 0 Å². The van der Waals surface area contributed by atoms with Gasteiger partial charge in [0.1, 0.15) is 0 Å². The minimum Gasteiger partial charge on any atom is -0.336 e. The third-order valence-electron chi connectivity index (χ3n) is 2.95. The molecule has 0 aromatic heterocycles. The molecule has 2 N–H and O–H groups in total. The maximum atomic E-state index is 11.8. The number of hydrogen-bond acceptors (Lipinski definition) is 1. The Kier molecular flexibility index (Phi) is 5.99. The molecule has 0 saturated heterocycles. The van der Waals surface area contributed by atoms with E-state index in [4.69, 9.17) is 11.6 Å². The zero-order chi connectivity index (χ0) is 13.5. The second-order valence-corrected chi connectivity index (χ2v) is 4.88. The smallest absolute Gasteiger partial charge is 0.315 e. The average molecular weight is 269 g/mol. The largest absolute Gasteiger partial charge is 0.336 e. The van der Waals surface area contributed by atoms with Crippen molar-refractivity contribution in [3.8, 4) is 0 Å². The summed E-state index contributed by atoms with van der Waals surface area (Å²) in [7, 11) is 0. The van der Waals surface area contributed by atoms with Gasteiger partial charge in [0.25, 0.3) is 0 Å². The fraction of sp³-hybridized carbons (Fsp3) is 0.500. The van der Waals surface area contributed by atoms with E-state index in [1.54, 1.807) is 0 Å². The van der Waals surface area contributed by atoms with Crippen molar-refractivity contribution in [2.75, 3.05) is 0 Å². The van der Waals surface area contributed by atoms with Crippen LogP contribution in [-0.2, 0) is 0 Å². The van der Waals surface area contributed by atoms with Crippen molar-refractivity contribution in [1.82, 2.24) is 10.6 Å². The standard InChI is InChI=1S/C14H21ClN2O/c1-4-10(3)16-14(18)17-13(5-2)11-7-6-8-12(15)9-11/h6-10,13H,4-5H2,1-3H3,(H2,16,17,18)/t10-,13+/m1/s1. The van der Waals surface area contributed by atoms with Gasteiger partial charge in [-0.1, -0.05) is 37.6 Å². The van der Waals surface area contributed by atoms with Gasteiger partial charge in [-0.3, -0.25) is 0 Å². The first kappa shape index (κ1) is 14.8. The molecule has 4 heteroatoms. The van der Waals surface area contributed by atoms with Crippen molar-refractivity contribution >= 4 is 17.6 Å². The second-order valence-electron chi connectivity index (χ2n) is 4.44. The van der Waals surface area contributed by atoms with Crippen LogP contribution in [0.5, 0.6) is 0 Å². The highest BCUT2D eigenvalue weighted by molar-refractivity contribution is 6.30. The van der Waals surface area contributed by atoms with E-state index >= 15 is 0 Å². The van der Waals surface area contributed by atoms with E-state index < -0.39 is 0 Å². The third-order valence-corrected chi connectivity index (χ3v) is 3.19. The molecule has 3 nitrogen and oxygen atoms in total. The molecule has 0 spiro atoms. The average Bonchev–Trinajstić information content (AvgIpc) is 2.35. The Hall–Kier alpha value is -1.22. The predicted octanol–water partition coefficient (Wildman–Crippen LogP) is 3.89. The lowest BCUT2D eigenvalue weighted by Gasteiger charge is -2.20. The number of carbonyl (C=O) groups excluding carboxylic acids is 1. The fourth-order valence-electron chi connectivity index (χ4n) is 1.67. The van der Waals surface area contributed by atoms with Gasteiger partial charge in [0, 0.05) is 11.1 Å². The Morgan fingerprint density at radius 1 is 1.28 bits per heavy atom. The molecular weight excluding hydrogens is 248 g/mol. The summed E-state index contributed by atoms with van der Waals surface area (Å²) in [6.07, 6.45) is 1.75. The summed E-state index contributed by atoms with van der Waals surface area (Å²) in [4.78, 5) is 11.8. The first-order valence-electron chi connectivity index (χ1n) is 6.39. The molecule has 1 aromatic carbocycles. The number of halogens is 1. The number of nitrogens with one attached hydrogen (secondary N) is 2. The van der Waals surface area contributed by atoms with E-state index in [1.807, 2.05) is 45.0 Å². The Labute approximate surface area is 114 Å². The number of hydrogen-bond donors (Lipinski definition) is 2. The summed E-state index contributed by atoms with van der Waals surface area (Å²) in [6.45, 7) is 6.06. The lowest BCUT2D eigenvalue weighted by atomic mass is 10.1. The number of amides is 2. The third kappa shape index (κ3) is 4.57. The van der Waals surface area contributed by atoms with Crippen LogP contribution >= 0.6 is 11.6 Å². The zero-order valence-corrected chi connectivity index (χ0v) is 11.9. The van der Waals surface area contributed by atoms with Gasteiger partial charge in [-0.15, -0.1) is 0 Å². The van der Waals surface area contributed by atoms with Gasteiger partial charge in [-0.2, -0.15) is 0 Å². The fourth-order valence-corrected chi connectivity index (χ4v) is 1.87. The van der Waals surface area contributed by atoms with E-state index in [9.17, 15) is 4.79 Å². The number of carbonyl (C=O) groups is 1. The summed E-state index contributed by atoms with van der Waals surface area (Å²) < 4.78 is 0. The molecule has 0 unspecified atom stereocenters. The molecular formula is C14H21ClN2O. The molecule has 0 saturated carbocycles. The maximum Gasteiger partial charge on any atom is 0.315 e. The topological polar surface area (TPSA) is 41.1 Å². The van der Waals surface area contributed by atoms with Crippen molar-refractivity contribution < 1.29 is 4.79 Å². The van der Waals surface area contributed by atoms with E-state index in [1.165, 1.54) is 0 Å². The van der Waals surface area contributed by atoms with Crippen molar-refractivity contribution in [1.29, 1.82) is 0 Å². The van der Waals surface area contributed by atoms with Crippen LogP contribution in [0.2, 0.25) is 5.02 Å². The highest BCUT2D eigenvalue weighted by atomic mass is 35.5. The predicted molar refractivity (Wildman–Crippen MR) is 75.9 cm³/mol. The van der Waals surface area contributed by atoms with Gasteiger partial charge in [0.15, 0.2) is 0 Å². The van der Waals surface area contributed by atoms with Crippen molar-refractivity contribution in [2.45, 2.75) is 45.7 Å². The van der Waals surface area contributed by atoms with Crippen molar-refractivity contribution in [3.63, 3.8) is 0 Å². The van der Waals surface area contributed by atoms with Crippen LogP contribution < -0.4 is 10.6 Å². The molecule has 0 aliphatic carbocycles. The van der Waals surface area contributed by atoms with Crippen LogP contribution in [0.4, 0.5) is 4.79 Å². The van der Waals surface area contributed by atoms with Crippen LogP contribution in [-0.4, -0.2) is 12.1 Å².